The molecule has 0 atom stereocenters. The predicted octanol–water partition coefficient (Wildman–Crippen LogP) is 7.19. The Labute approximate surface area is 264 Å². The molecular formula is C29H31Cl3N6O5. The maximum atomic E-state index is 13.9. The van der Waals surface area contributed by atoms with E-state index in [-0.39, 0.29) is 53.2 Å². The van der Waals surface area contributed by atoms with E-state index in [0.717, 1.165) is 12.8 Å². The number of aromatic nitrogens is 2. The molecule has 1 aliphatic carbocycles. The first-order chi connectivity index (χ1) is 20.1. The summed E-state index contributed by atoms with van der Waals surface area (Å²) in [6.45, 7) is 4.92. The number of anilines is 5. The van der Waals surface area contributed by atoms with E-state index in [1.165, 1.54) is 32.1 Å². The van der Waals surface area contributed by atoms with E-state index >= 15 is 0 Å². The number of halogens is 3. The normalized spacial score (nSPS) is 13.5. The zero-order chi connectivity index (χ0) is 30.6. The average molecular weight is 650 g/mol. The number of hydrogen-bond donors (Lipinski definition) is 2. The minimum Gasteiger partial charge on any atom is -0.495 e. The Balaban J connectivity index is 0.000000954. The molecule has 14 heteroatoms. The van der Waals surface area contributed by atoms with Gasteiger partial charge in [0.05, 0.1) is 37.8 Å². The molecule has 2 aromatic carbocycles. The van der Waals surface area contributed by atoms with Gasteiger partial charge in [-0.2, -0.15) is 4.98 Å². The lowest BCUT2D eigenvalue weighted by molar-refractivity contribution is -0.112. The summed E-state index contributed by atoms with van der Waals surface area (Å²) in [5.41, 5.74) is 2.13. The van der Waals surface area contributed by atoms with Gasteiger partial charge in [-0.15, -0.1) is 0 Å². The lowest BCUT2D eigenvalue weighted by atomic mass is 10.1. The molecule has 2 heterocycles. The number of amides is 3. The van der Waals surface area contributed by atoms with E-state index in [0.29, 0.717) is 39.9 Å². The molecule has 11 nitrogen and oxygen atoms in total. The van der Waals surface area contributed by atoms with Crippen LogP contribution in [0.3, 0.4) is 0 Å². The zero-order valence-electron chi connectivity index (χ0n) is 22.9. The summed E-state index contributed by atoms with van der Waals surface area (Å²) in [7, 11) is 2.96. The smallest absolute Gasteiger partial charge is 0.330 e. The van der Waals surface area contributed by atoms with Crippen LogP contribution in [-0.2, 0) is 16.1 Å². The van der Waals surface area contributed by atoms with E-state index in [4.69, 9.17) is 37.7 Å². The zero-order valence-corrected chi connectivity index (χ0v) is 25.2. The molecule has 0 spiro atoms. The van der Waals surface area contributed by atoms with E-state index in [2.05, 4.69) is 33.8 Å². The molecular weight excluding hydrogens is 619 g/mol. The summed E-state index contributed by atoms with van der Waals surface area (Å²) in [5.74, 6) is 1.09. The van der Waals surface area contributed by atoms with Crippen molar-refractivity contribution in [1.29, 1.82) is 0 Å². The number of fused-ring (bicyclic) bond motifs is 1. The standard InChI is InChI=1S/C26H24Cl2N6O4.C2H3ClO.CH4/c1-4-20(35)30-16-7-5-6-8-17(16)31-25-29-12-14-13-33(26(36)34(15-9-10-15)24(14)32-25)23-21(27)18(37-2)11-19(38-3)22(23)28;1-2(3)4;/h4-8,11-12,15H,1,9-10,13H2,2-3H3,(H,30,35)(H,29,31,32);1H3;1H4. The van der Waals surface area contributed by atoms with Crippen molar-refractivity contribution in [3.63, 3.8) is 0 Å². The molecule has 2 aliphatic rings. The molecule has 43 heavy (non-hydrogen) atoms. The van der Waals surface area contributed by atoms with Gasteiger partial charge < -0.3 is 20.1 Å². The Morgan fingerprint density at radius 3 is 2.21 bits per heavy atom. The molecule has 0 radical (unpaired) electrons. The van der Waals surface area contributed by atoms with Crippen LogP contribution in [0, 0.1) is 0 Å². The highest BCUT2D eigenvalue weighted by atomic mass is 35.5. The van der Waals surface area contributed by atoms with Crippen molar-refractivity contribution in [3.05, 3.63) is 64.8 Å². The van der Waals surface area contributed by atoms with Crippen LogP contribution >= 0.6 is 34.8 Å². The van der Waals surface area contributed by atoms with Crippen LogP contribution < -0.4 is 29.9 Å². The van der Waals surface area contributed by atoms with Crippen LogP contribution in [0.25, 0.3) is 0 Å². The Bertz CT molecular complexity index is 1520. The fourth-order valence-electron chi connectivity index (χ4n) is 4.19. The molecule has 1 fully saturated rings. The highest BCUT2D eigenvalue weighted by Gasteiger charge is 2.43. The monoisotopic (exact) mass is 648 g/mol. The summed E-state index contributed by atoms with van der Waals surface area (Å²) in [6.07, 6.45) is 4.52. The highest BCUT2D eigenvalue weighted by molar-refractivity contribution is 6.62. The lowest BCUT2D eigenvalue weighted by Gasteiger charge is -2.37. The van der Waals surface area contributed by atoms with Crippen LogP contribution in [0.1, 0.15) is 32.8 Å². The second-order valence-electron chi connectivity index (χ2n) is 9.10. The van der Waals surface area contributed by atoms with Crippen molar-refractivity contribution < 1.29 is 23.9 Å². The number of carbonyl (C=O) groups is 3. The maximum Gasteiger partial charge on any atom is 0.330 e. The minimum atomic E-state index is -0.361. The van der Waals surface area contributed by atoms with Gasteiger partial charge in [0.1, 0.15) is 27.4 Å². The molecule has 1 aliphatic heterocycles. The highest BCUT2D eigenvalue weighted by Crippen LogP contribution is 2.49. The molecule has 5 rings (SSSR count). The van der Waals surface area contributed by atoms with Gasteiger partial charge in [0.15, 0.2) is 0 Å². The molecule has 3 amide bonds. The van der Waals surface area contributed by atoms with Crippen molar-refractivity contribution in [3.8, 4) is 11.5 Å². The SMILES string of the molecule is C.C=CC(=O)Nc1ccccc1Nc1ncc2c(n1)N(C1CC1)C(=O)N(c1c(Cl)c(OC)cc(OC)c1Cl)C2.CC(=O)Cl. The third-order valence-corrected chi connectivity index (χ3v) is 6.92. The van der Waals surface area contributed by atoms with Crippen LogP contribution in [0.15, 0.2) is 49.2 Å². The molecule has 228 valence electrons. The number of ether oxygens (including phenoxy) is 2. The Morgan fingerprint density at radius 1 is 1.09 bits per heavy atom. The third kappa shape index (κ3) is 7.48. The molecule has 0 bridgehead atoms. The molecule has 0 unspecified atom stereocenters. The van der Waals surface area contributed by atoms with E-state index in [9.17, 15) is 14.4 Å². The van der Waals surface area contributed by atoms with Crippen molar-refractivity contribution in [2.75, 3.05) is 34.7 Å². The molecule has 1 saturated carbocycles. The van der Waals surface area contributed by atoms with Crippen LogP contribution in [0.5, 0.6) is 11.5 Å². The summed E-state index contributed by atoms with van der Waals surface area (Å²) < 4.78 is 10.8. The predicted molar refractivity (Wildman–Crippen MR) is 170 cm³/mol. The summed E-state index contributed by atoms with van der Waals surface area (Å²) in [4.78, 5) is 47.2. The topological polar surface area (TPSA) is 126 Å². The molecule has 3 aromatic rings. The number of urea groups is 1. The molecule has 0 saturated heterocycles. The van der Waals surface area contributed by atoms with Crippen molar-refractivity contribution in [2.45, 2.75) is 39.8 Å². The van der Waals surface area contributed by atoms with Gasteiger partial charge in [-0.05, 0) is 42.7 Å². The molecule has 1 aromatic heterocycles. The second-order valence-corrected chi connectivity index (χ2v) is 10.4. The van der Waals surface area contributed by atoms with Crippen molar-refractivity contribution in [2.24, 2.45) is 0 Å². The first kappa shape index (κ1) is 33.4. The number of nitrogens with zero attached hydrogens (tertiary/aromatic N) is 4. The first-order valence-electron chi connectivity index (χ1n) is 12.6. The van der Waals surface area contributed by atoms with E-state index in [1.807, 2.05) is 6.07 Å². The van der Waals surface area contributed by atoms with E-state index < -0.39 is 0 Å². The largest absolute Gasteiger partial charge is 0.495 e. The summed E-state index contributed by atoms with van der Waals surface area (Å²) >= 11 is 17.9. The minimum absolute atomic E-state index is 0. The average Bonchev–Trinajstić information content (AvgIpc) is 3.79. The maximum absolute atomic E-state index is 13.9. The lowest BCUT2D eigenvalue weighted by Crippen LogP contribution is -2.49. The number of carbonyl (C=O) groups excluding carboxylic acids is 3. The number of rotatable bonds is 8. The van der Waals surface area contributed by atoms with Gasteiger partial charge in [0.2, 0.25) is 17.1 Å². The van der Waals surface area contributed by atoms with Crippen LogP contribution in [-0.4, -0.2) is 47.4 Å². The number of para-hydroxylation sites is 2. The Morgan fingerprint density at radius 2 is 1.67 bits per heavy atom. The number of methoxy groups -OCH3 is 2. The summed E-state index contributed by atoms with van der Waals surface area (Å²) in [6, 6.07) is 8.38. The van der Waals surface area contributed by atoms with E-state index in [1.54, 1.807) is 35.4 Å². The third-order valence-electron chi connectivity index (χ3n) is 6.18. The van der Waals surface area contributed by atoms with Crippen molar-refractivity contribution in [1.82, 2.24) is 9.97 Å². The number of hydrogen-bond acceptors (Lipinski definition) is 8. The van der Waals surface area contributed by atoms with Gasteiger partial charge in [-0.3, -0.25) is 19.4 Å². The van der Waals surface area contributed by atoms with Gasteiger partial charge in [0, 0.05) is 30.8 Å². The van der Waals surface area contributed by atoms with Crippen LogP contribution in [0.2, 0.25) is 10.0 Å². The first-order valence-corrected chi connectivity index (χ1v) is 13.7. The van der Waals surface area contributed by atoms with Gasteiger partial charge in [-0.25, -0.2) is 9.78 Å². The number of benzene rings is 2. The fourth-order valence-corrected chi connectivity index (χ4v) is 4.89. The Kier molecular flexibility index (Phi) is 11.2. The van der Waals surface area contributed by atoms with Gasteiger partial charge >= 0.3 is 6.03 Å². The van der Waals surface area contributed by atoms with Gasteiger partial charge in [-0.1, -0.05) is 49.3 Å². The van der Waals surface area contributed by atoms with Crippen LogP contribution in [0.4, 0.5) is 33.6 Å². The summed E-state index contributed by atoms with van der Waals surface area (Å²) in [5, 5.41) is 5.92. The second kappa shape index (κ2) is 14.4. The quantitative estimate of drug-likeness (QED) is 0.194. The van der Waals surface area contributed by atoms with Gasteiger partial charge in [0.25, 0.3) is 0 Å². The Hall–Kier alpha value is -4.06. The number of nitrogens with one attached hydrogen (secondary N) is 2. The fraction of sp³-hybridized carbons (Fsp3) is 0.276. The van der Waals surface area contributed by atoms with Crippen molar-refractivity contribution >= 4 is 80.8 Å². The molecule has 2 N–H and O–H groups in total.